The van der Waals surface area contributed by atoms with Gasteiger partial charge in [0.15, 0.2) is 0 Å². The summed E-state index contributed by atoms with van der Waals surface area (Å²) in [5.41, 5.74) is 2.45. The van der Waals surface area contributed by atoms with Crippen LogP contribution in [0.4, 0.5) is 5.82 Å². The van der Waals surface area contributed by atoms with Gasteiger partial charge in [-0.2, -0.15) is 5.10 Å². The minimum atomic E-state index is 0.858. The van der Waals surface area contributed by atoms with E-state index in [0.29, 0.717) is 0 Å². The number of hydrogen-bond donors (Lipinski definition) is 1. The smallest absolute Gasteiger partial charge is 0.148 e. The van der Waals surface area contributed by atoms with Crippen molar-refractivity contribution in [2.24, 2.45) is 0 Å². The lowest BCUT2D eigenvalue weighted by Gasteiger charge is -2.06. The summed E-state index contributed by atoms with van der Waals surface area (Å²) in [4.78, 5) is 0. The van der Waals surface area contributed by atoms with Crippen molar-refractivity contribution in [3.8, 4) is 0 Å². The van der Waals surface area contributed by atoms with Crippen molar-refractivity contribution < 1.29 is 0 Å². The first-order valence-electron chi connectivity index (χ1n) is 4.85. The van der Waals surface area contributed by atoms with Gasteiger partial charge in [0, 0.05) is 7.05 Å². The summed E-state index contributed by atoms with van der Waals surface area (Å²) in [7, 11) is 1.86. The molecule has 0 atom stereocenters. The van der Waals surface area contributed by atoms with Gasteiger partial charge in [-0.3, -0.25) is 0 Å². The molecule has 3 heteroatoms. The Morgan fingerprint density at radius 3 is 2.62 bits per heavy atom. The fourth-order valence-electron chi connectivity index (χ4n) is 1.33. The maximum absolute atomic E-state index is 4.20. The minimum Gasteiger partial charge on any atom is -0.372 e. The van der Waals surface area contributed by atoms with Crippen molar-refractivity contribution in [3.63, 3.8) is 0 Å². The molecular formula is C10H17N3. The number of rotatable bonds is 4. The quantitative estimate of drug-likeness (QED) is 0.768. The predicted octanol–water partition coefficient (Wildman–Crippen LogP) is 2.03. The van der Waals surface area contributed by atoms with E-state index in [-0.39, 0.29) is 0 Å². The SMILES string of the molecule is CCCc1nnc(NC)cc1CC. The van der Waals surface area contributed by atoms with Crippen LogP contribution in [0.15, 0.2) is 6.07 Å². The summed E-state index contributed by atoms with van der Waals surface area (Å²) in [5.74, 6) is 0.858. The van der Waals surface area contributed by atoms with Gasteiger partial charge in [-0.15, -0.1) is 5.10 Å². The molecule has 3 nitrogen and oxygen atoms in total. The van der Waals surface area contributed by atoms with Crippen LogP contribution in [0.1, 0.15) is 31.5 Å². The fourth-order valence-corrected chi connectivity index (χ4v) is 1.33. The zero-order chi connectivity index (χ0) is 9.68. The van der Waals surface area contributed by atoms with Crippen molar-refractivity contribution in [2.45, 2.75) is 33.1 Å². The first-order chi connectivity index (χ1) is 6.31. The molecule has 0 amide bonds. The molecule has 0 aliphatic carbocycles. The van der Waals surface area contributed by atoms with Crippen LogP contribution in [0.3, 0.4) is 0 Å². The van der Waals surface area contributed by atoms with Gasteiger partial charge in [0.05, 0.1) is 5.69 Å². The van der Waals surface area contributed by atoms with Gasteiger partial charge in [0.1, 0.15) is 5.82 Å². The Hall–Kier alpha value is -1.12. The van der Waals surface area contributed by atoms with Crippen LogP contribution in [-0.4, -0.2) is 17.2 Å². The first-order valence-corrected chi connectivity index (χ1v) is 4.85. The largest absolute Gasteiger partial charge is 0.372 e. The summed E-state index contributed by atoms with van der Waals surface area (Å²) in [6, 6.07) is 2.08. The highest BCUT2D eigenvalue weighted by Gasteiger charge is 2.03. The molecule has 0 saturated carbocycles. The summed E-state index contributed by atoms with van der Waals surface area (Å²) in [6.07, 6.45) is 3.18. The second-order valence-electron chi connectivity index (χ2n) is 3.06. The van der Waals surface area contributed by atoms with Crippen LogP contribution in [0.2, 0.25) is 0 Å². The van der Waals surface area contributed by atoms with Gasteiger partial charge in [-0.25, -0.2) is 0 Å². The van der Waals surface area contributed by atoms with E-state index in [1.165, 1.54) is 5.56 Å². The molecule has 13 heavy (non-hydrogen) atoms. The molecule has 0 aliphatic rings. The van der Waals surface area contributed by atoms with Crippen LogP contribution in [0.25, 0.3) is 0 Å². The van der Waals surface area contributed by atoms with Crippen molar-refractivity contribution in [2.75, 3.05) is 12.4 Å². The lowest BCUT2D eigenvalue weighted by molar-refractivity contribution is 0.815. The zero-order valence-corrected chi connectivity index (χ0v) is 8.59. The number of nitrogens with one attached hydrogen (secondary N) is 1. The van der Waals surface area contributed by atoms with Crippen molar-refractivity contribution >= 4 is 5.82 Å². The van der Waals surface area contributed by atoms with E-state index in [9.17, 15) is 0 Å². The Kier molecular flexibility index (Phi) is 3.68. The second-order valence-corrected chi connectivity index (χ2v) is 3.06. The maximum Gasteiger partial charge on any atom is 0.148 e. The van der Waals surface area contributed by atoms with E-state index < -0.39 is 0 Å². The highest BCUT2D eigenvalue weighted by molar-refractivity contribution is 5.37. The number of nitrogens with zero attached hydrogens (tertiary/aromatic N) is 2. The van der Waals surface area contributed by atoms with Crippen molar-refractivity contribution in [1.82, 2.24) is 10.2 Å². The van der Waals surface area contributed by atoms with Gasteiger partial charge in [0.25, 0.3) is 0 Å². The monoisotopic (exact) mass is 179 g/mol. The molecule has 0 spiro atoms. The molecular weight excluding hydrogens is 162 g/mol. The highest BCUT2D eigenvalue weighted by Crippen LogP contribution is 2.12. The van der Waals surface area contributed by atoms with E-state index in [1.807, 2.05) is 7.05 Å². The zero-order valence-electron chi connectivity index (χ0n) is 8.59. The van der Waals surface area contributed by atoms with Crippen LogP contribution in [0, 0.1) is 0 Å². The van der Waals surface area contributed by atoms with Crippen molar-refractivity contribution in [1.29, 1.82) is 0 Å². The number of hydrogen-bond acceptors (Lipinski definition) is 3. The molecule has 0 saturated heterocycles. The summed E-state index contributed by atoms with van der Waals surface area (Å²) in [5, 5.41) is 11.3. The van der Waals surface area contributed by atoms with E-state index in [2.05, 4.69) is 35.4 Å². The summed E-state index contributed by atoms with van der Waals surface area (Å²) < 4.78 is 0. The second kappa shape index (κ2) is 4.80. The molecule has 1 aromatic heterocycles. The Morgan fingerprint density at radius 2 is 2.08 bits per heavy atom. The van der Waals surface area contributed by atoms with Gasteiger partial charge < -0.3 is 5.32 Å². The normalized spacial score (nSPS) is 10.1. The van der Waals surface area contributed by atoms with Crippen LogP contribution >= 0.6 is 0 Å². The molecule has 1 N–H and O–H groups in total. The Labute approximate surface area is 79.6 Å². The number of anilines is 1. The molecule has 0 aromatic carbocycles. The molecule has 72 valence electrons. The Bertz CT molecular complexity index is 271. The third-order valence-electron chi connectivity index (χ3n) is 2.08. The van der Waals surface area contributed by atoms with Crippen molar-refractivity contribution in [3.05, 3.63) is 17.3 Å². The van der Waals surface area contributed by atoms with Gasteiger partial charge in [-0.1, -0.05) is 20.3 Å². The topological polar surface area (TPSA) is 37.8 Å². The minimum absolute atomic E-state index is 0.858. The molecule has 1 heterocycles. The lowest BCUT2D eigenvalue weighted by Crippen LogP contribution is -2.02. The third-order valence-corrected chi connectivity index (χ3v) is 2.08. The number of aromatic nitrogens is 2. The third kappa shape index (κ3) is 2.41. The van der Waals surface area contributed by atoms with Gasteiger partial charge in [0.2, 0.25) is 0 Å². The molecule has 1 rings (SSSR count). The van der Waals surface area contributed by atoms with E-state index in [4.69, 9.17) is 0 Å². The average Bonchev–Trinajstić information content (AvgIpc) is 2.19. The van der Waals surface area contributed by atoms with Crippen LogP contribution < -0.4 is 5.32 Å². The summed E-state index contributed by atoms with van der Waals surface area (Å²) >= 11 is 0. The molecule has 0 fully saturated rings. The molecule has 0 aliphatic heterocycles. The first kappa shape index (κ1) is 9.96. The standard InChI is InChI=1S/C10H17N3/c1-4-6-9-8(5-2)7-10(11-3)13-12-9/h7H,4-6H2,1-3H3,(H,11,13). The van der Waals surface area contributed by atoms with Crippen LogP contribution in [0.5, 0.6) is 0 Å². The predicted molar refractivity (Wildman–Crippen MR) is 55.0 cm³/mol. The molecule has 0 bridgehead atoms. The van der Waals surface area contributed by atoms with Gasteiger partial charge in [-0.05, 0) is 24.5 Å². The van der Waals surface area contributed by atoms with E-state index >= 15 is 0 Å². The summed E-state index contributed by atoms with van der Waals surface area (Å²) in [6.45, 7) is 4.31. The maximum atomic E-state index is 4.20. The number of aryl methyl sites for hydroxylation is 2. The molecule has 0 unspecified atom stereocenters. The molecule has 1 aromatic rings. The Morgan fingerprint density at radius 1 is 1.31 bits per heavy atom. The Balaban J connectivity index is 2.93. The highest BCUT2D eigenvalue weighted by atomic mass is 15.2. The average molecular weight is 179 g/mol. The van der Waals surface area contributed by atoms with Crippen LogP contribution in [-0.2, 0) is 12.8 Å². The van der Waals surface area contributed by atoms with E-state index in [1.54, 1.807) is 0 Å². The fraction of sp³-hybridized carbons (Fsp3) is 0.600. The van der Waals surface area contributed by atoms with Gasteiger partial charge >= 0.3 is 0 Å². The lowest BCUT2D eigenvalue weighted by atomic mass is 10.1. The van der Waals surface area contributed by atoms with E-state index in [0.717, 1.165) is 30.8 Å². The molecule has 0 radical (unpaired) electrons.